The topological polar surface area (TPSA) is 124 Å². The second-order valence-electron chi connectivity index (χ2n) is 14.3. The smallest absolute Gasteiger partial charge is 0.320 e. The summed E-state index contributed by atoms with van der Waals surface area (Å²) >= 11 is 6.79. The highest BCUT2D eigenvalue weighted by molar-refractivity contribution is 6.34. The first-order chi connectivity index (χ1) is 23.6. The molecule has 49 heavy (non-hydrogen) atoms. The van der Waals surface area contributed by atoms with E-state index in [0.29, 0.717) is 69.3 Å². The Morgan fingerprint density at radius 2 is 1.90 bits per heavy atom. The lowest BCUT2D eigenvalue weighted by molar-refractivity contribution is -0.126. The Bertz CT molecular complexity index is 1890. The van der Waals surface area contributed by atoms with Gasteiger partial charge in [0.1, 0.15) is 30.2 Å². The van der Waals surface area contributed by atoms with Gasteiger partial charge in [-0.25, -0.2) is 4.39 Å². The van der Waals surface area contributed by atoms with Gasteiger partial charge < -0.3 is 19.4 Å². The van der Waals surface area contributed by atoms with Crippen molar-refractivity contribution in [2.75, 3.05) is 63.2 Å². The molecule has 1 amide bonds. The van der Waals surface area contributed by atoms with Gasteiger partial charge in [-0.3, -0.25) is 19.2 Å². The second kappa shape index (κ2) is 11.9. The minimum atomic E-state index is -0.902. The Labute approximate surface area is 289 Å². The van der Waals surface area contributed by atoms with Crippen LogP contribution in [0.5, 0.6) is 6.01 Å². The summed E-state index contributed by atoms with van der Waals surface area (Å²) in [5.74, 6) is 0.711. The third-order valence-corrected chi connectivity index (χ3v) is 11.5. The fourth-order valence-electron chi connectivity index (χ4n) is 8.64. The van der Waals surface area contributed by atoms with Crippen LogP contribution in [-0.2, 0) is 29.7 Å². The molecule has 1 spiro atoms. The number of benzene rings is 1. The number of Topliss-reactive ketones (excluding diaryl/α,β-unsaturated/α-hetero) is 1. The number of carbonyl (C=O) groups is 2. The van der Waals surface area contributed by atoms with E-state index in [1.807, 2.05) is 28.0 Å². The summed E-state index contributed by atoms with van der Waals surface area (Å²) in [5, 5.41) is 15.5. The summed E-state index contributed by atoms with van der Waals surface area (Å²) in [7, 11) is 3.31. The van der Waals surface area contributed by atoms with Gasteiger partial charge in [0, 0.05) is 59.7 Å². The highest BCUT2D eigenvalue weighted by Crippen LogP contribution is 2.46. The Kier molecular flexibility index (Phi) is 7.79. The average molecular weight is 688 g/mol. The van der Waals surface area contributed by atoms with Crippen molar-refractivity contribution in [2.45, 2.75) is 68.7 Å². The standard InChI is InChI=1S/C35H39ClFN9O3/c1-42(2)32(48)29-28(36)26-18-43(12-6-14-46(26)41-29)30-24(16-38)31(40-33(39-30)49-21-34-11-5-13-45(34)17-23(37)15-34)44-19-35(20-44)25-8-4-3-7-22(25)9-10-27(35)47/h3-4,7-8,23H,5-6,9-15,17-21H2,1-2H3/t23?,34-/m0/s1. The molecule has 3 aromatic rings. The zero-order valence-corrected chi connectivity index (χ0v) is 28.5. The molecule has 0 N–H and O–H groups in total. The van der Waals surface area contributed by atoms with Gasteiger partial charge >= 0.3 is 6.01 Å². The summed E-state index contributed by atoms with van der Waals surface area (Å²) in [5.41, 5.74) is 2.28. The molecule has 4 aliphatic heterocycles. The summed E-state index contributed by atoms with van der Waals surface area (Å²) in [4.78, 5) is 43.6. The predicted octanol–water partition coefficient (Wildman–Crippen LogP) is 3.54. The lowest BCUT2D eigenvalue weighted by Crippen LogP contribution is -2.65. The molecule has 12 nitrogen and oxygen atoms in total. The molecule has 6 heterocycles. The molecule has 256 valence electrons. The monoisotopic (exact) mass is 687 g/mol. The average Bonchev–Trinajstić information content (AvgIpc) is 3.64. The third kappa shape index (κ3) is 5.14. The van der Waals surface area contributed by atoms with Crippen molar-refractivity contribution >= 4 is 34.9 Å². The maximum absolute atomic E-state index is 14.6. The van der Waals surface area contributed by atoms with E-state index < -0.39 is 17.1 Å². The fraction of sp³-hybridized carbons (Fsp3) is 0.543. The van der Waals surface area contributed by atoms with E-state index in [9.17, 15) is 19.2 Å². The number of aryl methyl sites for hydroxylation is 2. The SMILES string of the molecule is CN(C)C(=O)c1nn2c(c1Cl)CN(c1nc(OC[C@@]34CCCN3CC(F)C4)nc(N3CC4(C3)C(=O)CCc3ccccc34)c1C#N)CCC2. The minimum Gasteiger partial charge on any atom is -0.461 e. The summed E-state index contributed by atoms with van der Waals surface area (Å²) < 4.78 is 22.7. The zero-order chi connectivity index (χ0) is 34.1. The van der Waals surface area contributed by atoms with Crippen LogP contribution in [0.2, 0.25) is 5.02 Å². The molecule has 2 aromatic heterocycles. The molecule has 8 rings (SSSR count). The molecular formula is C35H39ClFN9O3. The lowest BCUT2D eigenvalue weighted by Gasteiger charge is -2.52. The van der Waals surface area contributed by atoms with Gasteiger partial charge in [0.05, 0.1) is 28.2 Å². The normalized spacial score (nSPS) is 24.1. The number of amides is 1. The van der Waals surface area contributed by atoms with E-state index in [4.69, 9.17) is 26.3 Å². The molecule has 14 heteroatoms. The highest BCUT2D eigenvalue weighted by Gasteiger charge is 2.54. The second-order valence-corrected chi connectivity index (χ2v) is 14.7. The van der Waals surface area contributed by atoms with Gasteiger partial charge in [-0.2, -0.15) is 20.3 Å². The van der Waals surface area contributed by atoms with Crippen LogP contribution in [0.25, 0.3) is 0 Å². The van der Waals surface area contributed by atoms with Crippen LogP contribution >= 0.6 is 11.6 Å². The number of aromatic nitrogens is 4. The molecule has 1 aromatic carbocycles. The molecule has 3 saturated heterocycles. The minimum absolute atomic E-state index is 0.108. The molecule has 1 aliphatic carbocycles. The number of nitriles is 1. The summed E-state index contributed by atoms with van der Waals surface area (Å²) in [6, 6.07) is 10.6. The maximum Gasteiger partial charge on any atom is 0.320 e. The Morgan fingerprint density at radius 1 is 1.12 bits per heavy atom. The van der Waals surface area contributed by atoms with Gasteiger partial charge in [-0.15, -0.1) is 0 Å². The van der Waals surface area contributed by atoms with Crippen LogP contribution < -0.4 is 14.5 Å². The number of rotatable bonds is 6. The van der Waals surface area contributed by atoms with Crippen LogP contribution in [0.15, 0.2) is 24.3 Å². The van der Waals surface area contributed by atoms with E-state index in [2.05, 4.69) is 22.1 Å². The van der Waals surface area contributed by atoms with Gasteiger partial charge in [-0.1, -0.05) is 35.9 Å². The summed E-state index contributed by atoms with van der Waals surface area (Å²) in [6.45, 7) is 3.59. The van der Waals surface area contributed by atoms with Crippen molar-refractivity contribution in [1.29, 1.82) is 5.26 Å². The van der Waals surface area contributed by atoms with Crippen LogP contribution in [0.1, 0.15) is 65.0 Å². The molecule has 0 radical (unpaired) electrons. The Morgan fingerprint density at radius 3 is 2.67 bits per heavy atom. The molecule has 0 bridgehead atoms. The van der Waals surface area contributed by atoms with E-state index in [-0.39, 0.29) is 47.1 Å². The fourth-order valence-corrected chi connectivity index (χ4v) is 8.92. The van der Waals surface area contributed by atoms with Gasteiger partial charge in [0.15, 0.2) is 17.3 Å². The van der Waals surface area contributed by atoms with Crippen molar-refractivity contribution < 1.29 is 18.7 Å². The Hall–Kier alpha value is -4.28. The lowest BCUT2D eigenvalue weighted by atomic mass is 9.64. The van der Waals surface area contributed by atoms with Crippen molar-refractivity contribution in [3.05, 3.63) is 57.4 Å². The van der Waals surface area contributed by atoms with Crippen LogP contribution in [0, 0.1) is 11.3 Å². The van der Waals surface area contributed by atoms with E-state index in [1.165, 1.54) is 10.5 Å². The van der Waals surface area contributed by atoms with E-state index in [0.717, 1.165) is 31.4 Å². The first kappa shape index (κ1) is 32.0. The van der Waals surface area contributed by atoms with Gasteiger partial charge in [0.25, 0.3) is 5.91 Å². The molecular weight excluding hydrogens is 649 g/mol. The molecule has 5 aliphatic rings. The van der Waals surface area contributed by atoms with Crippen molar-refractivity contribution in [1.82, 2.24) is 29.5 Å². The molecule has 2 atom stereocenters. The summed E-state index contributed by atoms with van der Waals surface area (Å²) in [6.07, 6.45) is 3.19. The Balaban J connectivity index is 1.17. The van der Waals surface area contributed by atoms with Crippen molar-refractivity contribution in [3.8, 4) is 12.1 Å². The number of alkyl halides is 1. The third-order valence-electron chi connectivity index (χ3n) is 11.1. The zero-order valence-electron chi connectivity index (χ0n) is 27.8. The number of hydrogen-bond donors (Lipinski definition) is 0. The maximum atomic E-state index is 14.6. The number of fused-ring (bicyclic) bond motifs is 4. The van der Waals surface area contributed by atoms with Crippen LogP contribution in [0.4, 0.5) is 16.0 Å². The molecule has 1 unspecified atom stereocenters. The number of halogens is 2. The van der Waals surface area contributed by atoms with Gasteiger partial charge in [-0.05, 0) is 43.4 Å². The largest absolute Gasteiger partial charge is 0.461 e. The quantitative estimate of drug-likeness (QED) is 0.380. The van der Waals surface area contributed by atoms with Gasteiger partial charge in [0.2, 0.25) is 0 Å². The number of hydrogen-bond acceptors (Lipinski definition) is 10. The number of carbonyl (C=O) groups excluding carboxylic acids is 2. The molecule has 3 fully saturated rings. The number of ketones is 1. The first-order valence-electron chi connectivity index (χ1n) is 17.0. The van der Waals surface area contributed by atoms with Crippen molar-refractivity contribution in [2.24, 2.45) is 0 Å². The van der Waals surface area contributed by atoms with Crippen molar-refractivity contribution in [3.63, 3.8) is 0 Å². The number of ether oxygens (including phenoxy) is 1. The van der Waals surface area contributed by atoms with E-state index >= 15 is 0 Å². The number of anilines is 2. The van der Waals surface area contributed by atoms with E-state index in [1.54, 1.807) is 18.8 Å². The molecule has 0 saturated carbocycles. The first-order valence-corrected chi connectivity index (χ1v) is 17.4. The van der Waals surface area contributed by atoms with Crippen LogP contribution in [0.3, 0.4) is 0 Å². The highest BCUT2D eigenvalue weighted by atomic mass is 35.5. The number of nitrogens with zero attached hydrogens (tertiary/aromatic N) is 9. The van der Waals surface area contributed by atoms with Crippen LogP contribution in [-0.4, -0.2) is 106 Å². The predicted molar refractivity (Wildman–Crippen MR) is 180 cm³/mol.